The first kappa shape index (κ1) is 20.0. The molecule has 1 aromatic heterocycles. The predicted molar refractivity (Wildman–Crippen MR) is 120 cm³/mol. The summed E-state index contributed by atoms with van der Waals surface area (Å²) >= 11 is 0. The summed E-state index contributed by atoms with van der Waals surface area (Å²) in [5.74, 6) is 0.957. The summed E-state index contributed by atoms with van der Waals surface area (Å²) < 4.78 is 11.2. The Balaban J connectivity index is 1.57. The second-order valence-corrected chi connectivity index (χ2v) is 8.48. The van der Waals surface area contributed by atoms with Gasteiger partial charge in [0.15, 0.2) is 5.76 Å². The van der Waals surface area contributed by atoms with Crippen molar-refractivity contribution in [1.29, 1.82) is 0 Å². The summed E-state index contributed by atoms with van der Waals surface area (Å²) in [6.45, 7) is 6.74. The minimum Gasteiger partial charge on any atom is -0.496 e. The van der Waals surface area contributed by atoms with Crippen molar-refractivity contribution in [2.24, 2.45) is 5.10 Å². The number of anilines is 1. The first-order chi connectivity index (χ1) is 14.3. The lowest BCUT2D eigenvalue weighted by molar-refractivity contribution is 0.0929. The molecule has 1 unspecified atom stereocenters. The van der Waals surface area contributed by atoms with E-state index in [0.717, 1.165) is 17.4 Å². The molecular weight excluding hydrogens is 378 g/mol. The lowest BCUT2D eigenvalue weighted by atomic mass is 9.80. The van der Waals surface area contributed by atoms with E-state index >= 15 is 0 Å². The normalized spacial score (nSPS) is 17.9. The largest absolute Gasteiger partial charge is 0.496 e. The van der Waals surface area contributed by atoms with Crippen LogP contribution in [0, 0.1) is 0 Å². The lowest BCUT2D eigenvalue weighted by Gasteiger charge is -2.45. The molecule has 0 saturated carbocycles. The van der Waals surface area contributed by atoms with Crippen molar-refractivity contribution >= 4 is 28.8 Å². The highest BCUT2D eigenvalue weighted by molar-refractivity contribution is 5.96. The van der Waals surface area contributed by atoms with E-state index in [9.17, 15) is 4.79 Å². The van der Waals surface area contributed by atoms with Gasteiger partial charge >= 0.3 is 5.91 Å². The third-order valence-electron chi connectivity index (χ3n) is 6.00. The van der Waals surface area contributed by atoms with Crippen molar-refractivity contribution in [2.45, 2.75) is 38.6 Å². The summed E-state index contributed by atoms with van der Waals surface area (Å²) in [7, 11) is 3.76. The molecule has 0 spiro atoms. The topological polar surface area (TPSA) is 67.1 Å². The number of hydrazone groups is 1. The molecule has 156 valence electrons. The second kappa shape index (κ2) is 7.52. The van der Waals surface area contributed by atoms with Crippen molar-refractivity contribution in [2.75, 3.05) is 19.1 Å². The van der Waals surface area contributed by atoms with E-state index in [1.54, 1.807) is 19.4 Å². The van der Waals surface area contributed by atoms with E-state index < -0.39 is 5.91 Å². The van der Waals surface area contributed by atoms with Crippen LogP contribution in [0.3, 0.4) is 0 Å². The number of fused-ring (bicyclic) bond motifs is 2. The molecule has 0 bridgehead atoms. The summed E-state index contributed by atoms with van der Waals surface area (Å²) in [6, 6.07) is 13.4. The maximum Gasteiger partial charge on any atom is 0.307 e. The maximum absolute atomic E-state index is 12.4. The van der Waals surface area contributed by atoms with Gasteiger partial charge in [0.2, 0.25) is 0 Å². The number of nitrogens with zero attached hydrogens (tertiary/aromatic N) is 2. The van der Waals surface area contributed by atoms with Gasteiger partial charge in [0.25, 0.3) is 0 Å². The fraction of sp³-hybridized carbons (Fsp3) is 0.333. The van der Waals surface area contributed by atoms with Crippen LogP contribution in [0.1, 0.15) is 54.8 Å². The van der Waals surface area contributed by atoms with E-state index in [-0.39, 0.29) is 11.3 Å². The van der Waals surface area contributed by atoms with Gasteiger partial charge in [-0.1, -0.05) is 25.1 Å². The molecule has 6 nitrogen and oxygen atoms in total. The minimum atomic E-state index is -0.394. The van der Waals surface area contributed by atoms with Gasteiger partial charge < -0.3 is 14.1 Å². The van der Waals surface area contributed by atoms with Crippen LogP contribution in [0.4, 0.5) is 5.69 Å². The fourth-order valence-corrected chi connectivity index (χ4v) is 4.20. The SMILES string of the molecule is COc1cc2c(cc1/C=N/NC(=O)c1cc3ccccc3o1)C(C)CC(C)(C)N2C. The van der Waals surface area contributed by atoms with Crippen LogP contribution in [0.15, 0.2) is 52.0 Å². The van der Waals surface area contributed by atoms with Crippen molar-refractivity contribution in [3.8, 4) is 5.75 Å². The molecule has 1 amide bonds. The zero-order chi connectivity index (χ0) is 21.5. The van der Waals surface area contributed by atoms with Crippen LogP contribution in [-0.4, -0.2) is 31.8 Å². The first-order valence-electron chi connectivity index (χ1n) is 10.1. The van der Waals surface area contributed by atoms with Crippen LogP contribution >= 0.6 is 0 Å². The second-order valence-electron chi connectivity index (χ2n) is 8.48. The highest BCUT2D eigenvalue weighted by Crippen LogP contribution is 2.44. The number of ether oxygens (including phenoxy) is 1. The van der Waals surface area contributed by atoms with Gasteiger partial charge in [-0.05, 0) is 49.9 Å². The highest BCUT2D eigenvalue weighted by atomic mass is 16.5. The van der Waals surface area contributed by atoms with Gasteiger partial charge in [-0.2, -0.15) is 5.10 Å². The van der Waals surface area contributed by atoms with Gasteiger partial charge in [0.1, 0.15) is 11.3 Å². The zero-order valence-electron chi connectivity index (χ0n) is 18.0. The van der Waals surface area contributed by atoms with Gasteiger partial charge in [-0.25, -0.2) is 5.43 Å². The standard InChI is InChI=1S/C24H27N3O3/c1-15-13-24(2,3)27(4)19-12-21(29-5)17(10-18(15)19)14-25-26-23(28)22-11-16-8-6-7-9-20(16)30-22/h6-12,14-15H,13H2,1-5H3,(H,26,28)/b25-14+. The van der Waals surface area contributed by atoms with Gasteiger partial charge in [0.05, 0.1) is 13.3 Å². The highest BCUT2D eigenvalue weighted by Gasteiger charge is 2.34. The minimum absolute atomic E-state index is 0.0770. The van der Waals surface area contributed by atoms with E-state index in [1.807, 2.05) is 24.3 Å². The smallest absolute Gasteiger partial charge is 0.307 e. The summed E-state index contributed by atoms with van der Waals surface area (Å²) in [5, 5.41) is 5.02. The number of para-hydroxylation sites is 1. The molecule has 2 heterocycles. The maximum atomic E-state index is 12.4. The third kappa shape index (κ3) is 3.54. The summed E-state index contributed by atoms with van der Waals surface area (Å²) in [6.07, 6.45) is 2.67. The van der Waals surface area contributed by atoms with Crippen LogP contribution in [0.25, 0.3) is 11.0 Å². The van der Waals surface area contributed by atoms with E-state index in [0.29, 0.717) is 17.3 Å². The molecule has 0 fully saturated rings. The number of amides is 1. The molecule has 0 saturated heterocycles. The number of carbonyl (C=O) groups is 1. The third-order valence-corrected chi connectivity index (χ3v) is 6.00. The Morgan fingerprint density at radius 2 is 2.07 bits per heavy atom. The van der Waals surface area contributed by atoms with E-state index in [2.05, 4.69) is 55.4 Å². The molecule has 1 aliphatic rings. The Morgan fingerprint density at radius 3 is 2.80 bits per heavy atom. The summed E-state index contributed by atoms with van der Waals surface area (Å²) in [4.78, 5) is 14.7. The lowest BCUT2D eigenvalue weighted by Crippen LogP contribution is -2.45. The molecule has 4 rings (SSSR count). The van der Waals surface area contributed by atoms with Crippen molar-refractivity contribution in [1.82, 2.24) is 5.43 Å². The van der Waals surface area contributed by atoms with Crippen molar-refractivity contribution in [3.05, 3.63) is 59.4 Å². The van der Waals surface area contributed by atoms with Crippen LogP contribution < -0.4 is 15.1 Å². The predicted octanol–water partition coefficient (Wildman–Crippen LogP) is 4.93. The Hall–Kier alpha value is -3.28. The number of hydrogen-bond acceptors (Lipinski definition) is 5. The Bertz CT molecular complexity index is 1100. The Labute approximate surface area is 176 Å². The number of benzene rings is 2. The number of hydrogen-bond donors (Lipinski definition) is 1. The number of rotatable bonds is 4. The van der Waals surface area contributed by atoms with E-state index in [1.165, 1.54) is 11.3 Å². The average molecular weight is 405 g/mol. The van der Waals surface area contributed by atoms with Gasteiger partial charge in [0, 0.05) is 35.3 Å². The number of furan rings is 1. The zero-order valence-corrected chi connectivity index (χ0v) is 18.0. The molecule has 2 aromatic carbocycles. The Kier molecular flexibility index (Phi) is 5.02. The van der Waals surface area contributed by atoms with Crippen LogP contribution in [0.2, 0.25) is 0 Å². The molecule has 3 aromatic rings. The van der Waals surface area contributed by atoms with E-state index in [4.69, 9.17) is 9.15 Å². The summed E-state index contributed by atoms with van der Waals surface area (Å²) in [5.41, 5.74) is 6.53. The molecule has 1 N–H and O–H groups in total. The molecular formula is C24H27N3O3. The average Bonchev–Trinajstić information content (AvgIpc) is 3.16. The quantitative estimate of drug-likeness (QED) is 0.494. The monoisotopic (exact) mass is 405 g/mol. The molecule has 1 aliphatic heterocycles. The van der Waals surface area contributed by atoms with Gasteiger partial charge in [-0.3, -0.25) is 4.79 Å². The van der Waals surface area contributed by atoms with Crippen molar-refractivity contribution in [3.63, 3.8) is 0 Å². The molecule has 1 atom stereocenters. The van der Waals surface area contributed by atoms with Crippen LogP contribution in [-0.2, 0) is 0 Å². The number of carbonyl (C=O) groups excluding carboxylic acids is 1. The number of methoxy groups -OCH3 is 1. The van der Waals surface area contributed by atoms with Crippen molar-refractivity contribution < 1.29 is 13.9 Å². The first-order valence-corrected chi connectivity index (χ1v) is 10.1. The fourth-order valence-electron chi connectivity index (χ4n) is 4.20. The Morgan fingerprint density at radius 1 is 1.30 bits per heavy atom. The molecule has 0 radical (unpaired) electrons. The number of nitrogens with one attached hydrogen (secondary N) is 1. The molecule has 0 aliphatic carbocycles. The molecule has 30 heavy (non-hydrogen) atoms. The molecule has 6 heteroatoms. The van der Waals surface area contributed by atoms with Gasteiger partial charge in [-0.15, -0.1) is 0 Å². The van der Waals surface area contributed by atoms with Crippen LogP contribution in [0.5, 0.6) is 5.75 Å².